The number of hydrogen-bond donors (Lipinski definition) is 0. The minimum absolute atomic E-state index is 0.161. The fourth-order valence-electron chi connectivity index (χ4n) is 3.30. The molecule has 25 heavy (non-hydrogen) atoms. The summed E-state index contributed by atoms with van der Waals surface area (Å²) < 4.78 is 2.14. The van der Waals surface area contributed by atoms with Crippen molar-refractivity contribution in [3.8, 4) is 5.69 Å². The van der Waals surface area contributed by atoms with Gasteiger partial charge in [0.2, 0.25) is 0 Å². The average Bonchev–Trinajstić information content (AvgIpc) is 2.91. The molecule has 3 aromatic rings. The van der Waals surface area contributed by atoms with Crippen molar-refractivity contribution < 1.29 is 4.79 Å². The van der Waals surface area contributed by atoms with Crippen LogP contribution >= 0.6 is 0 Å². The summed E-state index contributed by atoms with van der Waals surface area (Å²) in [6.07, 6.45) is 0. The Morgan fingerprint density at radius 2 is 1.56 bits per heavy atom. The lowest BCUT2D eigenvalue weighted by atomic mass is 10.1. The highest BCUT2D eigenvalue weighted by molar-refractivity contribution is 5.99. The van der Waals surface area contributed by atoms with Crippen LogP contribution in [0.3, 0.4) is 0 Å². The highest BCUT2D eigenvalue weighted by Gasteiger charge is 2.18. The molecule has 0 atom stereocenters. The Bertz CT molecular complexity index is 850. The number of aryl methyl sites for hydroxylation is 1. The van der Waals surface area contributed by atoms with Gasteiger partial charge in [-0.3, -0.25) is 9.69 Å². The van der Waals surface area contributed by atoms with Crippen LogP contribution < -0.4 is 0 Å². The van der Waals surface area contributed by atoms with Gasteiger partial charge >= 0.3 is 0 Å². The summed E-state index contributed by atoms with van der Waals surface area (Å²) in [5.74, 6) is 0.161. The van der Waals surface area contributed by atoms with Crippen molar-refractivity contribution in [2.45, 2.75) is 20.4 Å². The number of benzene rings is 2. The third-order valence-electron chi connectivity index (χ3n) is 4.45. The fraction of sp³-hybridized carbons (Fsp3) is 0.227. The smallest absolute Gasteiger partial charge is 0.178 e. The molecule has 0 aliphatic heterocycles. The molecule has 128 valence electrons. The van der Waals surface area contributed by atoms with Gasteiger partial charge < -0.3 is 4.57 Å². The van der Waals surface area contributed by atoms with E-state index in [4.69, 9.17) is 0 Å². The Labute approximate surface area is 149 Å². The normalized spacial score (nSPS) is 11.0. The zero-order valence-corrected chi connectivity index (χ0v) is 15.1. The molecule has 0 aliphatic carbocycles. The van der Waals surface area contributed by atoms with Crippen LogP contribution in [0.5, 0.6) is 0 Å². The number of nitrogens with zero attached hydrogens (tertiary/aromatic N) is 2. The second-order valence-corrected chi connectivity index (χ2v) is 6.54. The molecule has 0 fully saturated rings. The van der Waals surface area contributed by atoms with Crippen LogP contribution in [0.2, 0.25) is 0 Å². The van der Waals surface area contributed by atoms with Gasteiger partial charge in [0.15, 0.2) is 5.78 Å². The van der Waals surface area contributed by atoms with Gasteiger partial charge in [0.1, 0.15) is 0 Å². The fourth-order valence-corrected chi connectivity index (χ4v) is 3.30. The second-order valence-electron chi connectivity index (χ2n) is 6.54. The molecule has 0 radical (unpaired) electrons. The Morgan fingerprint density at radius 1 is 0.960 bits per heavy atom. The summed E-state index contributed by atoms with van der Waals surface area (Å²) in [4.78, 5) is 14.9. The number of carbonyl (C=O) groups is 1. The lowest BCUT2D eigenvalue weighted by Gasteiger charge is -2.16. The Hall–Kier alpha value is -2.65. The van der Waals surface area contributed by atoms with Crippen molar-refractivity contribution in [3.05, 3.63) is 89.2 Å². The molecule has 0 amide bonds. The summed E-state index contributed by atoms with van der Waals surface area (Å²) in [6.45, 7) is 5.24. The van der Waals surface area contributed by atoms with Crippen LogP contribution in [0.15, 0.2) is 66.7 Å². The topological polar surface area (TPSA) is 25.2 Å². The molecular weight excluding hydrogens is 308 g/mol. The van der Waals surface area contributed by atoms with Gasteiger partial charge in [0.25, 0.3) is 0 Å². The molecule has 0 saturated heterocycles. The Morgan fingerprint density at radius 3 is 2.20 bits per heavy atom. The van der Waals surface area contributed by atoms with Crippen LogP contribution in [0, 0.1) is 13.8 Å². The molecule has 3 heteroatoms. The zero-order chi connectivity index (χ0) is 17.8. The summed E-state index contributed by atoms with van der Waals surface area (Å²) >= 11 is 0. The number of aromatic nitrogens is 1. The number of ketones is 1. The van der Waals surface area contributed by atoms with Crippen molar-refractivity contribution in [2.24, 2.45) is 0 Å². The largest absolute Gasteiger partial charge is 0.318 e. The van der Waals surface area contributed by atoms with E-state index in [0.717, 1.165) is 29.2 Å². The third kappa shape index (κ3) is 3.89. The van der Waals surface area contributed by atoms with Crippen molar-refractivity contribution >= 4 is 5.78 Å². The van der Waals surface area contributed by atoms with Gasteiger partial charge in [-0.2, -0.15) is 0 Å². The first-order valence-electron chi connectivity index (χ1n) is 8.56. The average molecular weight is 332 g/mol. The summed E-state index contributed by atoms with van der Waals surface area (Å²) in [6, 6.07) is 22.4. The van der Waals surface area contributed by atoms with E-state index in [1.807, 2.05) is 63.4 Å². The molecule has 0 unspecified atom stereocenters. The lowest BCUT2D eigenvalue weighted by molar-refractivity contribution is 0.0942. The molecule has 1 aromatic heterocycles. The molecule has 0 N–H and O–H groups in total. The monoisotopic (exact) mass is 332 g/mol. The van der Waals surface area contributed by atoms with Gasteiger partial charge in [-0.1, -0.05) is 48.5 Å². The molecule has 0 aliphatic rings. The predicted octanol–water partition coefficient (Wildman–Crippen LogP) is 4.41. The SMILES string of the molecule is Cc1cc(C(=O)CN(C)Cc2ccccc2)c(C)n1-c1ccccc1. The van der Waals surface area contributed by atoms with Gasteiger partial charge in [0.05, 0.1) is 6.54 Å². The molecule has 2 aromatic carbocycles. The molecule has 0 spiro atoms. The number of hydrogen-bond acceptors (Lipinski definition) is 2. The number of Topliss-reactive ketones (excluding diaryl/α,β-unsaturated/α-hetero) is 1. The van der Waals surface area contributed by atoms with Crippen LogP contribution in [-0.2, 0) is 6.54 Å². The predicted molar refractivity (Wildman–Crippen MR) is 102 cm³/mol. The van der Waals surface area contributed by atoms with E-state index in [1.54, 1.807) is 0 Å². The van der Waals surface area contributed by atoms with E-state index < -0.39 is 0 Å². The zero-order valence-electron chi connectivity index (χ0n) is 15.1. The maximum Gasteiger partial charge on any atom is 0.178 e. The molecular formula is C22H24N2O. The third-order valence-corrected chi connectivity index (χ3v) is 4.45. The second kappa shape index (κ2) is 7.49. The highest BCUT2D eigenvalue weighted by atomic mass is 16.1. The lowest BCUT2D eigenvalue weighted by Crippen LogP contribution is -2.25. The minimum atomic E-state index is 0.161. The van der Waals surface area contributed by atoms with Crippen LogP contribution in [-0.4, -0.2) is 28.8 Å². The summed E-state index contributed by atoms with van der Waals surface area (Å²) in [5.41, 5.74) is 5.20. The standard InChI is InChI=1S/C22H24N2O/c1-17-14-21(18(2)24(17)20-12-8-5-9-13-20)22(25)16-23(3)15-19-10-6-4-7-11-19/h4-14H,15-16H2,1-3H3. The van der Waals surface area contributed by atoms with Gasteiger partial charge in [-0.15, -0.1) is 0 Å². The minimum Gasteiger partial charge on any atom is -0.318 e. The van der Waals surface area contributed by atoms with E-state index in [9.17, 15) is 4.79 Å². The number of likely N-dealkylation sites (N-methyl/N-ethyl adjacent to an activating group) is 1. The molecule has 0 saturated carbocycles. The van der Waals surface area contributed by atoms with Crippen LogP contribution in [0.1, 0.15) is 27.3 Å². The van der Waals surface area contributed by atoms with E-state index in [1.165, 1.54) is 5.56 Å². The highest BCUT2D eigenvalue weighted by Crippen LogP contribution is 2.21. The van der Waals surface area contributed by atoms with Crippen molar-refractivity contribution in [1.29, 1.82) is 0 Å². The van der Waals surface area contributed by atoms with E-state index >= 15 is 0 Å². The Balaban J connectivity index is 1.77. The van der Waals surface area contributed by atoms with Crippen molar-refractivity contribution in [2.75, 3.05) is 13.6 Å². The van der Waals surface area contributed by atoms with Crippen molar-refractivity contribution in [3.63, 3.8) is 0 Å². The van der Waals surface area contributed by atoms with Gasteiger partial charge in [-0.25, -0.2) is 0 Å². The summed E-state index contributed by atoms with van der Waals surface area (Å²) in [5, 5.41) is 0. The molecule has 3 nitrogen and oxygen atoms in total. The first-order chi connectivity index (χ1) is 12.1. The number of carbonyl (C=O) groups excluding carboxylic acids is 1. The number of para-hydroxylation sites is 1. The van der Waals surface area contributed by atoms with E-state index in [0.29, 0.717) is 6.54 Å². The molecule has 0 bridgehead atoms. The first kappa shape index (κ1) is 17.2. The van der Waals surface area contributed by atoms with E-state index in [2.05, 4.69) is 33.7 Å². The molecule has 3 rings (SSSR count). The summed E-state index contributed by atoms with van der Waals surface area (Å²) in [7, 11) is 1.99. The van der Waals surface area contributed by atoms with Crippen LogP contribution in [0.25, 0.3) is 5.69 Å². The van der Waals surface area contributed by atoms with Gasteiger partial charge in [0, 0.05) is 29.2 Å². The maximum atomic E-state index is 12.8. The number of rotatable bonds is 6. The van der Waals surface area contributed by atoms with Gasteiger partial charge in [-0.05, 0) is 44.7 Å². The quantitative estimate of drug-likeness (QED) is 0.625. The maximum absolute atomic E-state index is 12.8. The van der Waals surface area contributed by atoms with Crippen LogP contribution in [0.4, 0.5) is 0 Å². The molecule has 1 heterocycles. The first-order valence-corrected chi connectivity index (χ1v) is 8.56. The Kier molecular flexibility index (Phi) is 5.15. The van der Waals surface area contributed by atoms with Crippen molar-refractivity contribution in [1.82, 2.24) is 9.47 Å². The van der Waals surface area contributed by atoms with E-state index in [-0.39, 0.29) is 5.78 Å².